The summed E-state index contributed by atoms with van der Waals surface area (Å²) >= 11 is 6.56. The van der Waals surface area contributed by atoms with Crippen LogP contribution in [0.25, 0.3) is 11.1 Å². The van der Waals surface area contributed by atoms with Crippen LogP contribution in [0.3, 0.4) is 0 Å². The highest BCUT2D eigenvalue weighted by molar-refractivity contribution is 6.48. The number of hydrogen-bond acceptors (Lipinski definition) is 4. The van der Waals surface area contributed by atoms with E-state index in [0.29, 0.717) is 23.9 Å². The molecule has 0 bridgehead atoms. The van der Waals surface area contributed by atoms with Crippen molar-refractivity contribution in [3.63, 3.8) is 0 Å². The van der Waals surface area contributed by atoms with E-state index in [-0.39, 0.29) is 11.4 Å². The largest absolute Gasteiger partial charge is 0.465 e. The number of aromatic nitrogens is 2. The van der Waals surface area contributed by atoms with E-state index in [1.807, 2.05) is 30.3 Å². The zero-order valence-electron chi connectivity index (χ0n) is 19.6. The van der Waals surface area contributed by atoms with E-state index in [2.05, 4.69) is 55.5 Å². The average molecular weight is 471 g/mol. The van der Waals surface area contributed by atoms with Crippen molar-refractivity contribution in [2.45, 2.75) is 52.4 Å². The third-order valence-electron chi connectivity index (χ3n) is 5.20. The number of carbonyl (C=O) groups is 1. The predicted octanol–water partition coefficient (Wildman–Crippen LogP) is 5.84. The Morgan fingerprint density at radius 3 is 2.34 bits per heavy atom. The van der Waals surface area contributed by atoms with Crippen LogP contribution in [0.1, 0.15) is 48.2 Å². The fraction of sp³-hybridized carbons (Fsp3) is 0.360. The maximum absolute atomic E-state index is 12.1. The Bertz CT molecular complexity index is 1090. The Kier molecular flexibility index (Phi) is 7.59. The van der Waals surface area contributed by atoms with Gasteiger partial charge in [-0.15, -0.1) is 0 Å². The molecular formula is C25H31ClN2O3Si. The number of rotatable bonds is 7. The second-order valence-electron chi connectivity index (χ2n) is 9.10. The van der Waals surface area contributed by atoms with Crippen molar-refractivity contribution in [1.82, 2.24) is 9.55 Å². The van der Waals surface area contributed by atoms with E-state index >= 15 is 0 Å². The van der Waals surface area contributed by atoms with Crippen LogP contribution in [-0.4, -0.2) is 31.7 Å². The van der Waals surface area contributed by atoms with Gasteiger partial charge in [-0.1, -0.05) is 74.8 Å². The van der Waals surface area contributed by atoms with Gasteiger partial charge < -0.3 is 13.7 Å². The van der Waals surface area contributed by atoms with Crippen LogP contribution in [0.15, 0.2) is 48.5 Å². The highest BCUT2D eigenvalue weighted by Gasteiger charge is 2.26. The fourth-order valence-electron chi connectivity index (χ4n) is 3.70. The summed E-state index contributed by atoms with van der Waals surface area (Å²) in [4.78, 5) is 16.8. The second-order valence-corrected chi connectivity index (χ2v) is 11.9. The Labute approximate surface area is 197 Å². The molecule has 0 spiro atoms. The van der Waals surface area contributed by atoms with Gasteiger partial charge in [0.25, 0.3) is 0 Å². The average Bonchev–Trinajstić information content (AvgIpc) is 3.07. The molecule has 0 amide bonds. The number of ether oxygens (including phenoxy) is 1. The van der Waals surface area contributed by atoms with Gasteiger partial charge in [-0.05, 0) is 35.9 Å². The Morgan fingerprint density at radius 1 is 1.09 bits per heavy atom. The molecule has 0 fully saturated rings. The molecule has 0 N–H and O–H groups in total. The standard InChI is InChI=1S/C25H31ClN2O3Si/c1-25(2,3)22-23(26)27-21(16-31-32(5)6)28(22)15-17-11-13-18(14-12-17)19-9-7-8-10-20(19)24(29)30-4/h7-14,32H,15-16H2,1-6H3. The first kappa shape index (κ1) is 24.2. The molecule has 7 heteroatoms. The molecule has 0 saturated carbocycles. The Hall–Kier alpha value is -2.41. The minimum atomic E-state index is -1.19. The molecule has 0 aliphatic rings. The number of carbonyl (C=O) groups excluding carboxylic acids is 1. The maximum atomic E-state index is 12.1. The van der Waals surface area contributed by atoms with Crippen molar-refractivity contribution in [3.8, 4) is 11.1 Å². The number of imidazole rings is 1. The van der Waals surface area contributed by atoms with Crippen LogP contribution in [0.5, 0.6) is 0 Å². The number of methoxy groups -OCH3 is 1. The zero-order valence-corrected chi connectivity index (χ0v) is 21.5. The molecule has 170 valence electrons. The van der Waals surface area contributed by atoms with E-state index in [1.165, 1.54) is 7.11 Å². The SMILES string of the molecule is COC(=O)c1ccccc1-c1ccc(Cn2c(CO[SiH](C)C)nc(Cl)c2C(C)(C)C)cc1. The lowest BCUT2D eigenvalue weighted by Crippen LogP contribution is -2.21. The summed E-state index contributed by atoms with van der Waals surface area (Å²) < 4.78 is 13.1. The van der Waals surface area contributed by atoms with E-state index in [9.17, 15) is 4.79 Å². The van der Waals surface area contributed by atoms with Crippen LogP contribution < -0.4 is 0 Å². The van der Waals surface area contributed by atoms with Crippen molar-refractivity contribution in [2.75, 3.05) is 7.11 Å². The first-order valence-corrected chi connectivity index (χ1v) is 13.9. The molecule has 1 heterocycles. The van der Waals surface area contributed by atoms with Gasteiger partial charge >= 0.3 is 5.97 Å². The summed E-state index contributed by atoms with van der Waals surface area (Å²) in [6.07, 6.45) is 0. The van der Waals surface area contributed by atoms with Gasteiger partial charge in [0.15, 0.2) is 14.2 Å². The molecule has 0 aliphatic carbocycles. The van der Waals surface area contributed by atoms with Crippen LogP contribution in [0, 0.1) is 0 Å². The molecule has 0 atom stereocenters. The summed E-state index contributed by atoms with van der Waals surface area (Å²) in [5.74, 6) is 0.507. The van der Waals surface area contributed by atoms with Crippen LogP contribution in [0.2, 0.25) is 18.2 Å². The van der Waals surface area contributed by atoms with Crippen LogP contribution >= 0.6 is 11.6 Å². The monoisotopic (exact) mass is 470 g/mol. The summed E-state index contributed by atoms with van der Waals surface area (Å²) in [6, 6.07) is 15.7. The van der Waals surface area contributed by atoms with Gasteiger partial charge in [0.1, 0.15) is 5.82 Å². The minimum absolute atomic E-state index is 0.156. The first-order valence-electron chi connectivity index (χ1n) is 10.8. The third-order valence-corrected chi connectivity index (χ3v) is 6.30. The van der Waals surface area contributed by atoms with Gasteiger partial charge in [-0.25, -0.2) is 9.78 Å². The van der Waals surface area contributed by atoms with Gasteiger partial charge in [0, 0.05) is 12.0 Å². The van der Waals surface area contributed by atoms with E-state index in [4.69, 9.17) is 20.8 Å². The van der Waals surface area contributed by atoms with E-state index in [1.54, 1.807) is 6.07 Å². The van der Waals surface area contributed by atoms with Gasteiger partial charge in [0.2, 0.25) is 0 Å². The highest BCUT2D eigenvalue weighted by atomic mass is 35.5. The molecule has 32 heavy (non-hydrogen) atoms. The van der Waals surface area contributed by atoms with Crippen molar-refractivity contribution in [2.24, 2.45) is 0 Å². The number of benzene rings is 2. The van der Waals surface area contributed by atoms with Crippen LogP contribution in [-0.2, 0) is 27.7 Å². The van der Waals surface area contributed by atoms with Crippen molar-refractivity contribution in [3.05, 3.63) is 76.3 Å². The lowest BCUT2D eigenvalue weighted by molar-refractivity contribution is 0.0601. The molecule has 5 nitrogen and oxygen atoms in total. The normalized spacial score (nSPS) is 11.8. The molecule has 2 aromatic carbocycles. The van der Waals surface area contributed by atoms with Crippen molar-refractivity contribution < 1.29 is 14.0 Å². The smallest absolute Gasteiger partial charge is 0.338 e. The summed E-state index contributed by atoms with van der Waals surface area (Å²) in [6.45, 7) is 11.8. The van der Waals surface area contributed by atoms with Gasteiger partial charge in [0.05, 0.1) is 25.0 Å². The number of nitrogens with zero attached hydrogens (tertiary/aromatic N) is 2. The van der Waals surface area contributed by atoms with Gasteiger partial charge in [-0.3, -0.25) is 0 Å². The van der Waals surface area contributed by atoms with Gasteiger partial charge in [-0.2, -0.15) is 0 Å². The number of halogens is 1. The fourth-order valence-corrected chi connectivity index (χ4v) is 4.66. The highest BCUT2D eigenvalue weighted by Crippen LogP contribution is 2.32. The molecule has 0 aliphatic heterocycles. The number of esters is 1. The van der Waals surface area contributed by atoms with E-state index in [0.717, 1.165) is 28.2 Å². The molecular weight excluding hydrogens is 440 g/mol. The maximum Gasteiger partial charge on any atom is 0.338 e. The van der Waals surface area contributed by atoms with E-state index < -0.39 is 9.04 Å². The zero-order chi connectivity index (χ0) is 23.5. The summed E-state index contributed by atoms with van der Waals surface area (Å²) in [5, 5.41) is 0.533. The van der Waals surface area contributed by atoms with Crippen molar-refractivity contribution >= 4 is 26.6 Å². The van der Waals surface area contributed by atoms with Crippen LogP contribution in [0.4, 0.5) is 0 Å². The minimum Gasteiger partial charge on any atom is -0.465 e. The Morgan fingerprint density at radius 2 is 1.75 bits per heavy atom. The first-order chi connectivity index (χ1) is 15.1. The predicted molar refractivity (Wildman–Crippen MR) is 132 cm³/mol. The van der Waals surface area contributed by atoms with Crippen molar-refractivity contribution in [1.29, 1.82) is 0 Å². The molecule has 1 aromatic heterocycles. The molecule has 3 aromatic rings. The molecule has 0 radical (unpaired) electrons. The Balaban J connectivity index is 1.94. The quantitative estimate of drug-likeness (QED) is 0.321. The molecule has 0 saturated heterocycles. The molecule has 0 unspecified atom stereocenters. The summed E-state index contributed by atoms with van der Waals surface area (Å²) in [7, 11) is 0.211. The number of hydrogen-bond donors (Lipinski definition) is 0. The summed E-state index contributed by atoms with van der Waals surface area (Å²) in [5.41, 5.74) is 4.33. The second kappa shape index (κ2) is 10.0. The lowest BCUT2D eigenvalue weighted by atomic mass is 9.92. The molecule has 3 rings (SSSR count). The third kappa shape index (κ3) is 5.49. The lowest BCUT2D eigenvalue weighted by Gasteiger charge is -2.23. The topological polar surface area (TPSA) is 53.4 Å².